The monoisotopic (exact) mass is 493 g/mol. The first-order valence-corrected chi connectivity index (χ1v) is 8.41. The highest BCUT2D eigenvalue weighted by Gasteiger charge is 2.10. The Kier molecular flexibility index (Phi) is 10.0. The molecule has 27 heavy (non-hydrogen) atoms. The van der Waals surface area contributed by atoms with Crippen LogP contribution in [0, 0.1) is 5.92 Å². The second-order valence-electron chi connectivity index (χ2n) is 6.14. The van der Waals surface area contributed by atoms with Gasteiger partial charge in [-0.3, -0.25) is 9.67 Å². The third kappa shape index (κ3) is 8.10. The standard InChI is InChI=1S/C18H25F2N5O.HI/c1-14(12-25-10-4-9-23-25)11-22-18(21-2)24(3)13-15-5-7-16(8-6-15)26-17(19)20;/h4-10,14,17H,11-13H2,1-3H3,(H,21,22);1H. The summed E-state index contributed by atoms with van der Waals surface area (Å²) >= 11 is 0. The van der Waals surface area contributed by atoms with E-state index in [9.17, 15) is 8.78 Å². The molecule has 0 aliphatic rings. The molecule has 0 fully saturated rings. The Hall–Kier alpha value is -1.91. The highest BCUT2D eigenvalue weighted by atomic mass is 127. The minimum atomic E-state index is -2.81. The number of alkyl halides is 2. The lowest BCUT2D eigenvalue weighted by atomic mass is 10.2. The van der Waals surface area contributed by atoms with Crippen LogP contribution in [0.15, 0.2) is 47.7 Å². The van der Waals surface area contributed by atoms with Crippen LogP contribution in [0.5, 0.6) is 5.75 Å². The average molecular weight is 493 g/mol. The van der Waals surface area contributed by atoms with Crippen molar-refractivity contribution < 1.29 is 13.5 Å². The Morgan fingerprint density at radius 2 is 2.04 bits per heavy atom. The van der Waals surface area contributed by atoms with Gasteiger partial charge in [-0.05, 0) is 29.7 Å². The third-order valence-corrected chi connectivity index (χ3v) is 3.81. The van der Waals surface area contributed by atoms with Crippen LogP contribution in [0.25, 0.3) is 0 Å². The van der Waals surface area contributed by atoms with Crippen LogP contribution in [0.4, 0.5) is 8.78 Å². The second-order valence-corrected chi connectivity index (χ2v) is 6.14. The van der Waals surface area contributed by atoms with E-state index >= 15 is 0 Å². The molecule has 1 aromatic carbocycles. The van der Waals surface area contributed by atoms with Crippen molar-refractivity contribution >= 4 is 29.9 Å². The Morgan fingerprint density at radius 3 is 2.59 bits per heavy atom. The Labute approximate surface area is 175 Å². The van der Waals surface area contributed by atoms with Gasteiger partial charge in [0.15, 0.2) is 5.96 Å². The highest BCUT2D eigenvalue weighted by Crippen LogP contribution is 2.15. The Balaban J connectivity index is 0.00000364. The van der Waals surface area contributed by atoms with E-state index in [2.05, 4.69) is 27.1 Å². The Morgan fingerprint density at radius 1 is 1.33 bits per heavy atom. The van der Waals surface area contributed by atoms with Gasteiger partial charge in [-0.1, -0.05) is 19.1 Å². The molecule has 0 amide bonds. The third-order valence-electron chi connectivity index (χ3n) is 3.81. The molecular formula is C18H26F2IN5O. The minimum Gasteiger partial charge on any atom is -0.435 e. The molecule has 9 heteroatoms. The lowest BCUT2D eigenvalue weighted by Gasteiger charge is -2.24. The molecule has 2 aromatic rings. The van der Waals surface area contributed by atoms with Gasteiger partial charge in [-0.25, -0.2) is 0 Å². The summed E-state index contributed by atoms with van der Waals surface area (Å²) in [6.45, 7) is 1.52. The number of aromatic nitrogens is 2. The van der Waals surface area contributed by atoms with Crippen molar-refractivity contribution in [3.8, 4) is 5.75 Å². The fraction of sp³-hybridized carbons (Fsp3) is 0.444. The number of hydrogen-bond acceptors (Lipinski definition) is 3. The van der Waals surface area contributed by atoms with Crippen molar-refractivity contribution in [1.82, 2.24) is 20.0 Å². The summed E-state index contributed by atoms with van der Waals surface area (Å²) in [5, 5.41) is 7.56. The lowest BCUT2D eigenvalue weighted by molar-refractivity contribution is -0.0498. The largest absolute Gasteiger partial charge is 0.435 e. The van der Waals surface area contributed by atoms with Crippen molar-refractivity contribution in [1.29, 1.82) is 0 Å². The molecule has 0 bridgehead atoms. The molecule has 1 aromatic heterocycles. The van der Waals surface area contributed by atoms with E-state index in [-0.39, 0.29) is 29.7 Å². The topological polar surface area (TPSA) is 54.7 Å². The predicted octanol–water partition coefficient (Wildman–Crippen LogP) is 3.45. The summed E-state index contributed by atoms with van der Waals surface area (Å²) < 4.78 is 30.6. The van der Waals surface area contributed by atoms with Crippen molar-refractivity contribution in [2.75, 3.05) is 20.6 Å². The molecule has 2 rings (SSSR count). The van der Waals surface area contributed by atoms with Gasteiger partial charge in [-0.15, -0.1) is 24.0 Å². The normalized spacial score (nSPS) is 12.4. The SMILES string of the molecule is CN=C(NCC(C)Cn1cccn1)N(C)Cc1ccc(OC(F)F)cc1.I. The van der Waals surface area contributed by atoms with E-state index in [4.69, 9.17) is 0 Å². The minimum absolute atomic E-state index is 0. The van der Waals surface area contributed by atoms with Crippen molar-refractivity contribution in [3.05, 3.63) is 48.3 Å². The van der Waals surface area contributed by atoms with Crippen LogP contribution in [-0.2, 0) is 13.1 Å². The van der Waals surface area contributed by atoms with Crippen LogP contribution in [0.1, 0.15) is 12.5 Å². The predicted molar refractivity (Wildman–Crippen MR) is 113 cm³/mol. The zero-order valence-corrected chi connectivity index (χ0v) is 18.0. The van der Waals surface area contributed by atoms with Crippen LogP contribution < -0.4 is 10.1 Å². The number of halogens is 3. The number of ether oxygens (including phenoxy) is 1. The number of guanidine groups is 1. The van der Waals surface area contributed by atoms with Gasteiger partial charge in [0.05, 0.1) is 0 Å². The first-order valence-electron chi connectivity index (χ1n) is 8.41. The van der Waals surface area contributed by atoms with Gasteiger partial charge in [0.1, 0.15) is 5.75 Å². The average Bonchev–Trinajstić information content (AvgIpc) is 3.09. The maximum Gasteiger partial charge on any atom is 0.387 e. The maximum atomic E-state index is 12.2. The summed E-state index contributed by atoms with van der Waals surface area (Å²) in [6.07, 6.45) is 3.71. The van der Waals surface area contributed by atoms with E-state index in [0.717, 1.165) is 24.6 Å². The van der Waals surface area contributed by atoms with Gasteiger partial charge in [0.2, 0.25) is 0 Å². The smallest absolute Gasteiger partial charge is 0.387 e. The number of benzene rings is 1. The molecule has 0 saturated heterocycles. The molecule has 1 atom stereocenters. The van der Waals surface area contributed by atoms with E-state index in [1.54, 1.807) is 25.4 Å². The van der Waals surface area contributed by atoms with Gasteiger partial charge < -0.3 is 15.0 Å². The highest BCUT2D eigenvalue weighted by molar-refractivity contribution is 14.0. The first-order chi connectivity index (χ1) is 12.5. The summed E-state index contributed by atoms with van der Waals surface area (Å²) in [6, 6.07) is 8.52. The molecular weight excluding hydrogens is 467 g/mol. The second kappa shape index (κ2) is 11.7. The molecule has 150 valence electrons. The van der Waals surface area contributed by atoms with Crippen molar-refractivity contribution in [2.24, 2.45) is 10.9 Å². The van der Waals surface area contributed by atoms with Crippen LogP contribution in [0.2, 0.25) is 0 Å². The number of aliphatic imine (C=N–C) groups is 1. The zero-order valence-electron chi connectivity index (χ0n) is 15.7. The Bertz CT molecular complexity index is 680. The zero-order chi connectivity index (χ0) is 18.9. The van der Waals surface area contributed by atoms with Crippen molar-refractivity contribution in [2.45, 2.75) is 26.6 Å². The summed E-state index contributed by atoms with van der Waals surface area (Å²) in [5.41, 5.74) is 0.974. The van der Waals surface area contributed by atoms with Gasteiger partial charge in [-0.2, -0.15) is 13.9 Å². The molecule has 0 spiro atoms. The van der Waals surface area contributed by atoms with E-state index in [0.29, 0.717) is 12.5 Å². The molecule has 0 saturated carbocycles. The molecule has 0 aliphatic heterocycles. The van der Waals surface area contributed by atoms with E-state index in [1.165, 1.54) is 12.1 Å². The quantitative estimate of drug-likeness (QED) is 0.348. The van der Waals surface area contributed by atoms with Gasteiger partial charge in [0.25, 0.3) is 0 Å². The van der Waals surface area contributed by atoms with Crippen LogP contribution >= 0.6 is 24.0 Å². The van der Waals surface area contributed by atoms with E-state index in [1.807, 2.05) is 28.9 Å². The molecule has 1 N–H and O–H groups in total. The maximum absolute atomic E-state index is 12.2. The van der Waals surface area contributed by atoms with Crippen LogP contribution in [0.3, 0.4) is 0 Å². The fourth-order valence-corrected chi connectivity index (χ4v) is 2.57. The van der Waals surface area contributed by atoms with Gasteiger partial charge >= 0.3 is 6.61 Å². The number of rotatable bonds is 8. The number of hydrogen-bond donors (Lipinski definition) is 1. The van der Waals surface area contributed by atoms with Crippen LogP contribution in [-0.4, -0.2) is 47.9 Å². The van der Waals surface area contributed by atoms with Gasteiger partial charge in [0, 0.05) is 46.1 Å². The summed E-state index contributed by atoms with van der Waals surface area (Å²) in [7, 11) is 3.66. The molecule has 0 radical (unpaired) electrons. The molecule has 6 nitrogen and oxygen atoms in total. The molecule has 0 aliphatic carbocycles. The fourth-order valence-electron chi connectivity index (χ4n) is 2.57. The summed E-state index contributed by atoms with van der Waals surface area (Å²) in [5.74, 6) is 1.30. The lowest BCUT2D eigenvalue weighted by Crippen LogP contribution is -2.40. The van der Waals surface area contributed by atoms with Crippen molar-refractivity contribution in [3.63, 3.8) is 0 Å². The number of nitrogens with zero attached hydrogens (tertiary/aromatic N) is 4. The molecule has 1 unspecified atom stereocenters. The summed E-state index contributed by atoms with van der Waals surface area (Å²) in [4.78, 5) is 6.27. The first kappa shape index (κ1) is 23.1. The van der Waals surface area contributed by atoms with E-state index < -0.39 is 6.61 Å². The molecule has 1 heterocycles. The number of nitrogens with one attached hydrogen (secondary N) is 1.